The summed E-state index contributed by atoms with van der Waals surface area (Å²) in [7, 11) is 0. The Morgan fingerprint density at radius 2 is 1.43 bits per heavy atom. The van der Waals surface area contributed by atoms with Crippen LogP contribution in [0.4, 0.5) is 0 Å². The third-order valence-corrected chi connectivity index (χ3v) is 3.62. The third-order valence-electron chi connectivity index (χ3n) is 3.62. The molecule has 2 aromatic rings. The van der Waals surface area contributed by atoms with Gasteiger partial charge in [-0.1, -0.05) is 85.0 Å². The molecule has 0 fully saturated rings. The van der Waals surface area contributed by atoms with Crippen molar-refractivity contribution in [3.8, 4) is 0 Å². The molecule has 2 atom stereocenters. The number of hydrogen-bond acceptors (Lipinski definition) is 2. The molecule has 23 heavy (non-hydrogen) atoms. The smallest absolute Gasteiger partial charge is 0.0758 e. The van der Waals surface area contributed by atoms with E-state index in [2.05, 4.69) is 12.1 Å². The molecule has 2 N–H and O–H groups in total. The van der Waals surface area contributed by atoms with Gasteiger partial charge in [-0.3, -0.25) is 0 Å². The van der Waals surface area contributed by atoms with Gasteiger partial charge in [0.25, 0.3) is 0 Å². The van der Waals surface area contributed by atoms with Gasteiger partial charge < -0.3 is 10.2 Å². The zero-order chi connectivity index (χ0) is 16.3. The number of hydrogen-bond donors (Lipinski definition) is 2. The number of rotatable bonds is 8. The lowest BCUT2D eigenvalue weighted by Crippen LogP contribution is -2.05. The second-order valence-electron chi connectivity index (χ2n) is 5.59. The largest absolute Gasteiger partial charge is 0.389 e. The molecule has 2 heteroatoms. The summed E-state index contributed by atoms with van der Waals surface area (Å²) in [4.78, 5) is 0. The van der Waals surface area contributed by atoms with Gasteiger partial charge in [0.05, 0.1) is 12.2 Å². The minimum atomic E-state index is -0.534. The van der Waals surface area contributed by atoms with Crippen LogP contribution in [0.15, 0.2) is 78.9 Å². The summed E-state index contributed by atoms with van der Waals surface area (Å²) >= 11 is 0. The van der Waals surface area contributed by atoms with E-state index in [9.17, 15) is 10.2 Å². The first-order valence-electron chi connectivity index (χ1n) is 8.04. The fourth-order valence-corrected chi connectivity index (χ4v) is 2.30. The Morgan fingerprint density at radius 3 is 2.13 bits per heavy atom. The Kier molecular flexibility index (Phi) is 7.31. The maximum absolute atomic E-state index is 9.94. The molecule has 2 nitrogen and oxygen atoms in total. The molecular weight excluding hydrogens is 284 g/mol. The van der Waals surface area contributed by atoms with Crippen molar-refractivity contribution in [2.75, 3.05) is 0 Å². The first-order valence-corrected chi connectivity index (χ1v) is 8.04. The normalized spacial score (nSPS) is 14.3. The minimum Gasteiger partial charge on any atom is -0.389 e. The van der Waals surface area contributed by atoms with Crippen molar-refractivity contribution in [3.63, 3.8) is 0 Å². The maximum atomic E-state index is 9.94. The summed E-state index contributed by atoms with van der Waals surface area (Å²) in [5, 5.41) is 19.9. The zero-order valence-corrected chi connectivity index (χ0v) is 13.3. The van der Waals surface area contributed by atoms with Crippen LogP contribution in [0.2, 0.25) is 0 Å². The van der Waals surface area contributed by atoms with Gasteiger partial charge in [0.2, 0.25) is 0 Å². The second kappa shape index (κ2) is 9.78. The highest BCUT2D eigenvalue weighted by molar-refractivity contribution is 5.49. The highest BCUT2D eigenvalue weighted by atomic mass is 16.3. The highest BCUT2D eigenvalue weighted by Crippen LogP contribution is 2.07. The molecule has 2 rings (SSSR count). The molecule has 0 aromatic heterocycles. The fraction of sp³-hybridized carbons (Fsp3) is 0.238. The number of benzene rings is 2. The van der Waals surface area contributed by atoms with Crippen LogP contribution in [0.3, 0.4) is 0 Å². The standard InChI is InChI=1S/C21H24O2/c22-20(16-14-18-8-3-1-4-9-18)12-7-13-21(23)17-15-19-10-5-2-6-11-19/h1-12,15,17,20-23H,13-14,16H2/b12-7-,17-15+/t20-,21-/m1/s1. The van der Waals surface area contributed by atoms with Gasteiger partial charge in [-0.05, 0) is 30.4 Å². The Labute approximate surface area is 138 Å². The van der Waals surface area contributed by atoms with Crippen molar-refractivity contribution in [2.24, 2.45) is 0 Å². The lowest BCUT2D eigenvalue weighted by atomic mass is 10.1. The first-order chi connectivity index (χ1) is 11.2. The van der Waals surface area contributed by atoms with Crippen molar-refractivity contribution < 1.29 is 10.2 Å². The Hall–Kier alpha value is -2.16. The van der Waals surface area contributed by atoms with Gasteiger partial charge in [0.1, 0.15) is 0 Å². The summed E-state index contributed by atoms with van der Waals surface area (Å²) in [6.07, 6.45) is 8.33. The van der Waals surface area contributed by atoms with Gasteiger partial charge in [-0.25, -0.2) is 0 Å². The van der Waals surface area contributed by atoms with E-state index in [0.29, 0.717) is 12.8 Å². The zero-order valence-electron chi connectivity index (χ0n) is 13.3. The van der Waals surface area contributed by atoms with E-state index in [1.54, 1.807) is 12.2 Å². The van der Waals surface area contributed by atoms with Crippen molar-refractivity contribution in [1.29, 1.82) is 0 Å². The van der Waals surface area contributed by atoms with Crippen LogP contribution in [0.25, 0.3) is 6.08 Å². The van der Waals surface area contributed by atoms with Crippen LogP contribution >= 0.6 is 0 Å². The average Bonchev–Trinajstić information content (AvgIpc) is 2.60. The SMILES string of the molecule is O[C@H](/C=C\C[C@@H](O)/C=C/c1ccccc1)CCc1ccccc1. The number of aliphatic hydroxyl groups is 2. The molecule has 2 aromatic carbocycles. The van der Waals surface area contributed by atoms with Crippen LogP contribution in [0, 0.1) is 0 Å². The molecule has 0 spiro atoms. The van der Waals surface area contributed by atoms with E-state index >= 15 is 0 Å². The summed E-state index contributed by atoms with van der Waals surface area (Å²) in [5.41, 5.74) is 2.30. The monoisotopic (exact) mass is 308 g/mol. The fourth-order valence-electron chi connectivity index (χ4n) is 2.30. The first kappa shape index (κ1) is 17.2. The van der Waals surface area contributed by atoms with E-state index < -0.39 is 12.2 Å². The van der Waals surface area contributed by atoms with E-state index in [1.807, 2.05) is 60.7 Å². The van der Waals surface area contributed by atoms with Crippen LogP contribution in [0.5, 0.6) is 0 Å². The van der Waals surface area contributed by atoms with Gasteiger partial charge in [-0.2, -0.15) is 0 Å². The Bertz CT molecular complexity index is 602. The Balaban J connectivity index is 1.69. The molecule has 0 amide bonds. The molecular formula is C21H24O2. The quantitative estimate of drug-likeness (QED) is 0.724. The van der Waals surface area contributed by atoms with Crippen molar-refractivity contribution in [3.05, 3.63) is 90.0 Å². The van der Waals surface area contributed by atoms with E-state index in [0.717, 1.165) is 12.0 Å². The van der Waals surface area contributed by atoms with E-state index in [-0.39, 0.29) is 0 Å². The number of aryl methyl sites for hydroxylation is 1. The van der Waals surface area contributed by atoms with Crippen LogP contribution < -0.4 is 0 Å². The van der Waals surface area contributed by atoms with Crippen molar-refractivity contribution in [1.82, 2.24) is 0 Å². The van der Waals surface area contributed by atoms with Gasteiger partial charge in [0, 0.05) is 0 Å². The molecule has 0 heterocycles. The molecule has 0 aliphatic heterocycles. The minimum absolute atomic E-state index is 0.472. The lowest BCUT2D eigenvalue weighted by molar-refractivity contribution is 0.209. The average molecular weight is 308 g/mol. The molecule has 0 aliphatic rings. The molecule has 0 aliphatic carbocycles. The predicted octanol–water partition coefficient (Wildman–Crippen LogP) is 4.00. The van der Waals surface area contributed by atoms with Crippen molar-refractivity contribution >= 4 is 6.08 Å². The third kappa shape index (κ3) is 7.09. The lowest BCUT2D eigenvalue weighted by Gasteiger charge is -2.06. The van der Waals surface area contributed by atoms with Gasteiger partial charge in [-0.15, -0.1) is 0 Å². The maximum Gasteiger partial charge on any atom is 0.0758 e. The number of aliphatic hydroxyl groups excluding tert-OH is 2. The Morgan fingerprint density at radius 1 is 0.783 bits per heavy atom. The molecule has 0 unspecified atom stereocenters. The predicted molar refractivity (Wildman–Crippen MR) is 96.0 cm³/mol. The topological polar surface area (TPSA) is 40.5 Å². The molecule has 0 saturated heterocycles. The van der Waals surface area contributed by atoms with Crippen LogP contribution in [-0.2, 0) is 6.42 Å². The van der Waals surface area contributed by atoms with E-state index in [1.165, 1.54) is 5.56 Å². The molecule has 120 valence electrons. The summed E-state index contributed by atoms with van der Waals surface area (Å²) in [5.74, 6) is 0. The van der Waals surface area contributed by atoms with Crippen LogP contribution in [0.1, 0.15) is 24.0 Å². The second-order valence-corrected chi connectivity index (χ2v) is 5.59. The molecule has 0 bridgehead atoms. The van der Waals surface area contributed by atoms with Gasteiger partial charge in [0.15, 0.2) is 0 Å². The highest BCUT2D eigenvalue weighted by Gasteiger charge is 2.01. The molecule has 0 saturated carbocycles. The van der Waals surface area contributed by atoms with Crippen LogP contribution in [-0.4, -0.2) is 22.4 Å². The molecule has 0 radical (unpaired) electrons. The summed E-state index contributed by atoms with van der Waals surface area (Å²) in [6, 6.07) is 20.0. The van der Waals surface area contributed by atoms with Crippen molar-refractivity contribution in [2.45, 2.75) is 31.5 Å². The van der Waals surface area contributed by atoms with Gasteiger partial charge >= 0.3 is 0 Å². The van der Waals surface area contributed by atoms with E-state index in [4.69, 9.17) is 0 Å². The summed E-state index contributed by atoms with van der Waals surface area (Å²) < 4.78 is 0. The summed E-state index contributed by atoms with van der Waals surface area (Å²) in [6.45, 7) is 0.